The number of hydrogen-bond donors (Lipinski definition) is 0. The van der Waals surface area contributed by atoms with Gasteiger partial charge in [-0.25, -0.2) is 8.42 Å². The number of benzene rings is 1. The molecule has 0 saturated carbocycles. The lowest BCUT2D eigenvalue weighted by Crippen LogP contribution is -2.25. The molecule has 2 unspecified atom stereocenters. The van der Waals surface area contributed by atoms with Crippen LogP contribution in [0.15, 0.2) is 77.7 Å². The molecule has 7 nitrogen and oxygen atoms in total. The van der Waals surface area contributed by atoms with E-state index in [4.69, 9.17) is 14.7 Å². The minimum absolute atomic E-state index is 0.178. The second kappa shape index (κ2) is 11.6. The summed E-state index contributed by atoms with van der Waals surface area (Å²) in [6.45, 7) is 8.10. The predicted molar refractivity (Wildman–Crippen MR) is 141 cm³/mol. The standard InChI is InChI=1S/C29H33N3O4S/c1-28(2,20-30)15-18-35-23-5-9-25(10-6-23)37(33,34)26-11-7-24(8-12-26)36-19-27(29(3,4)21-31)22-13-16-32-17-14-22/h5-11,13-14,16-17,26-27H,12,15,18-19H2,1-4H3. The van der Waals surface area contributed by atoms with Crippen LogP contribution in [0.5, 0.6) is 5.75 Å². The second-order valence-electron chi connectivity index (χ2n) is 10.3. The molecule has 194 valence electrons. The first-order valence-corrected chi connectivity index (χ1v) is 13.7. The van der Waals surface area contributed by atoms with E-state index < -0.39 is 25.9 Å². The zero-order valence-corrected chi connectivity index (χ0v) is 22.5. The molecule has 0 saturated heterocycles. The van der Waals surface area contributed by atoms with Crippen LogP contribution in [0.2, 0.25) is 0 Å². The Labute approximate surface area is 220 Å². The topological polar surface area (TPSA) is 113 Å². The Morgan fingerprint density at radius 3 is 2.27 bits per heavy atom. The summed E-state index contributed by atoms with van der Waals surface area (Å²) >= 11 is 0. The third-order valence-corrected chi connectivity index (χ3v) is 8.64. The van der Waals surface area contributed by atoms with Gasteiger partial charge in [-0.2, -0.15) is 10.5 Å². The third kappa shape index (κ3) is 7.21. The minimum Gasteiger partial charge on any atom is -0.494 e. The summed E-state index contributed by atoms with van der Waals surface area (Å²) in [5.41, 5.74) is -0.171. The second-order valence-corrected chi connectivity index (χ2v) is 12.5. The Balaban J connectivity index is 1.60. The van der Waals surface area contributed by atoms with Gasteiger partial charge in [-0.15, -0.1) is 0 Å². The van der Waals surface area contributed by atoms with Crippen LogP contribution in [-0.2, 0) is 14.6 Å². The average molecular weight is 520 g/mol. The van der Waals surface area contributed by atoms with Crippen LogP contribution in [0.3, 0.4) is 0 Å². The van der Waals surface area contributed by atoms with Crippen LogP contribution >= 0.6 is 0 Å². The van der Waals surface area contributed by atoms with Crippen LogP contribution < -0.4 is 4.74 Å². The van der Waals surface area contributed by atoms with Crippen molar-refractivity contribution in [2.24, 2.45) is 10.8 Å². The number of nitriles is 2. The fourth-order valence-electron chi connectivity index (χ4n) is 3.87. The number of hydrogen-bond acceptors (Lipinski definition) is 7. The van der Waals surface area contributed by atoms with E-state index in [1.165, 1.54) is 0 Å². The van der Waals surface area contributed by atoms with Crippen molar-refractivity contribution in [1.82, 2.24) is 4.98 Å². The summed E-state index contributed by atoms with van der Waals surface area (Å²) in [6.07, 6.45) is 9.36. The first-order chi connectivity index (χ1) is 17.5. The molecule has 1 aliphatic carbocycles. The van der Waals surface area contributed by atoms with Crippen molar-refractivity contribution in [3.8, 4) is 17.9 Å². The van der Waals surface area contributed by atoms with Gasteiger partial charge in [0, 0.05) is 18.3 Å². The van der Waals surface area contributed by atoms with Gasteiger partial charge in [0.15, 0.2) is 9.84 Å². The van der Waals surface area contributed by atoms with Gasteiger partial charge in [0.25, 0.3) is 0 Å². The van der Waals surface area contributed by atoms with Gasteiger partial charge in [0.2, 0.25) is 0 Å². The molecule has 0 fully saturated rings. The Bertz CT molecular complexity index is 1320. The van der Waals surface area contributed by atoms with Gasteiger partial charge in [0.05, 0.1) is 46.3 Å². The molecule has 0 N–H and O–H groups in total. The molecule has 0 spiro atoms. The van der Waals surface area contributed by atoms with Gasteiger partial charge in [0.1, 0.15) is 11.5 Å². The van der Waals surface area contributed by atoms with Gasteiger partial charge in [-0.05, 0) is 94.7 Å². The summed E-state index contributed by atoms with van der Waals surface area (Å²) < 4.78 is 38.0. The molecule has 37 heavy (non-hydrogen) atoms. The maximum atomic E-state index is 13.2. The number of pyridine rings is 1. The Hall–Kier alpha value is -3.62. The molecule has 2 aromatic rings. The molecule has 1 heterocycles. The number of ether oxygens (including phenoxy) is 2. The van der Waals surface area contributed by atoms with Gasteiger partial charge < -0.3 is 9.47 Å². The highest BCUT2D eigenvalue weighted by Gasteiger charge is 2.32. The average Bonchev–Trinajstić information content (AvgIpc) is 2.90. The van der Waals surface area contributed by atoms with Crippen molar-refractivity contribution in [2.75, 3.05) is 13.2 Å². The lowest BCUT2D eigenvalue weighted by Gasteiger charge is -2.29. The van der Waals surface area contributed by atoms with Crippen molar-refractivity contribution in [3.05, 3.63) is 78.3 Å². The van der Waals surface area contributed by atoms with Crippen molar-refractivity contribution in [2.45, 2.75) is 56.6 Å². The Kier molecular flexibility index (Phi) is 8.78. The zero-order chi connectivity index (χ0) is 27.1. The van der Waals surface area contributed by atoms with E-state index in [0.717, 1.165) is 5.56 Å². The number of rotatable bonds is 11. The van der Waals surface area contributed by atoms with Crippen molar-refractivity contribution < 1.29 is 17.9 Å². The summed E-state index contributed by atoms with van der Waals surface area (Å²) in [5.74, 6) is 0.970. The quantitative estimate of drug-likeness (QED) is 0.372. The van der Waals surface area contributed by atoms with E-state index in [2.05, 4.69) is 17.1 Å². The first-order valence-electron chi connectivity index (χ1n) is 12.2. The van der Waals surface area contributed by atoms with Gasteiger partial charge in [-0.3, -0.25) is 4.98 Å². The molecule has 0 amide bonds. The van der Waals surface area contributed by atoms with Crippen molar-refractivity contribution >= 4 is 9.84 Å². The molecule has 3 rings (SSSR count). The normalized spacial score (nSPS) is 16.7. The largest absolute Gasteiger partial charge is 0.494 e. The number of allylic oxidation sites excluding steroid dienone is 2. The van der Waals surface area contributed by atoms with Crippen LogP contribution in [0.1, 0.15) is 52.0 Å². The van der Waals surface area contributed by atoms with E-state index in [0.29, 0.717) is 24.5 Å². The molecule has 1 aromatic carbocycles. The van der Waals surface area contributed by atoms with E-state index in [1.807, 2.05) is 39.8 Å². The minimum atomic E-state index is -3.59. The van der Waals surface area contributed by atoms with E-state index in [9.17, 15) is 13.7 Å². The summed E-state index contributed by atoms with van der Waals surface area (Å²) in [7, 11) is -3.59. The summed E-state index contributed by atoms with van der Waals surface area (Å²) in [5, 5.41) is 18.1. The molecular formula is C29H33N3O4S. The van der Waals surface area contributed by atoms with Gasteiger partial charge in [-0.1, -0.05) is 6.08 Å². The van der Waals surface area contributed by atoms with Crippen molar-refractivity contribution in [1.29, 1.82) is 10.5 Å². The van der Waals surface area contributed by atoms with Crippen LogP contribution in [0.4, 0.5) is 0 Å². The highest BCUT2D eigenvalue weighted by molar-refractivity contribution is 7.92. The van der Waals surface area contributed by atoms with Crippen LogP contribution in [0.25, 0.3) is 0 Å². The monoisotopic (exact) mass is 519 g/mol. The molecule has 8 heteroatoms. The van der Waals surface area contributed by atoms with Crippen LogP contribution in [-0.4, -0.2) is 31.9 Å². The van der Waals surface area contributed by atoms with Gasteiger partial charge >= 0.3 is 0 Å². The highest BCUT2D eigenvalue weighted by atomic mass is 32.2. The lowest BCUT2D eigenvalue weighted by atomic mass is 9.77. The molecule has 1 aromatic heterocycles. The molecule has 2 atom stereocenters. The maximum absolute atomic E-state index is 13.2. The smallest absolute Gasteiger partial charge is 0.185 e. The number of aromatic nitrogens is 1. The number of nitrogens with zero attached hydrogens (tertiary/aromatic N) is 3. The molecule has 1 aliphatic rings. The van der Waals surface area contributed by atoms with E-state index in [-0.39, 0.29) is 23.8 Å². The summed E-state index contributed by atoms with van der Waals surface area (Å²) in [6, 6.07) is 14.7. The third-order valence-electron chi connectivity index (χ3n) is 6.56. The van der Waals surface area contributed by atoms with E-state index >= 15 is 0 Å². The predicted octanol–water partition coefficient (Wildman–Crippen LogP) is 5.74. The lowest BCUT2D eigenvalue weighted by molar-refractivity contribution is 0.163. The van der Waals surface area contributed by atoms with E-state index in [1.54, 1.807) is 54.9 Å². The Morgan fingerprint density at radius 2 is 1.70 bits per heavy atom. The molecule has 0 radical (unpaired) electrons. The summed E-state index contributed by atoms with van der Waals surface area (Å²) in [4.78, 5) is 4.27. The first kappa shape index (κ1) is 28.0. The Morgan fingerprint density at radius 1 is 1.03 bits per heavy atom. The van der Waals surface area contributed by atoms with Crippen molar-refractivity contribution in [3.63, 3.8) is 0 Å². The van der Waals surface area contributed by atoms with Crippen LogP contribution in [0, 0.1) is 33.5 Å². The molecule has 0 bridgehead atoms. The maximum Gasteiger partial charge on any atom is 0.185 e. The SMILES string of the molecule is CC(C)(C#N)CCOc1ccc(S(=O)(=O)C2C=CC(OCC(c3ccncc3)C(C)(C)C#N)=CC2)cc1. The fourth-order valence-corrected chi connectivity index (χ4v) is 5.37. The molecule has 0 aliphatic heterocycles. The highest BCUT2D eigenvalue weighted by Crippen LogP contribution is 2.36. The number of sulfone groups is 1. The zero-order valence-electron chi connectivity index (χ0n) is 21.7. The molecular weight excluding hydrogens is 486 g/mol. The fraction of sp³-hybridized carbons (Fsp3) is 0.414.